The summed E-state index contributed by atoms with van der Waals surface area (Å²) in [6.07, 6.45) is -5.73. The molecule has 2 aromatic rings. The Bertz CT molecular complexity index is 1150. The minimum atomic E-state index is -4.54. The van der Waals surface area contributed by atoms with Gasteiger partial charge in [-0.3, -0.25) is 20.0 Å². The highest BCUT2D eigenvalue weighted by Gasteiger charge is 2.34. The van der Waals surface area contributed by atoms with Crippen LogP contribution in [0.3, 0.4) is 0 Å². The average molecular weight is 619 g/mol. The van der Waals surface area contributed by atoms with Crippen molar-refractivity contribution in [3.8, 4) is 0 Å². The van der Waals surface area contributed by atoms with Crippen molar-refractivity contribution in [2.75, 3.05) is 68.6 Å². The fraction of sp³-hybridized carbons (Fsp3) is 0.586. The van der Waals surface area contributed by atoms with Gasteiger partial charge in [0.2, 0.25) is 5.91 Å². The van der Waals surface area contributed by atoms with Gasteiger partial charge in [0.15, 0.2) is 0 Å². The van der Waals surface area contributed by atoms with Crippen LogP contribution in [0.15, 0.2) is 36.5 Å². The molecule has 0 spiro atoms. The third-order valence-corrected chi connectivity index (χ3v) is 7.39. The number of anilines is 3. The quantitative estimate of drug-likeness (QED) is 0.259. The van der Waals surface area contributed by atoms with Crippen molar-refractivity contribution in [3.63, 3.8) is 0 Å². The maximum atomic E-state index is 13.4. The topological polar surface area (TPSA) is 73.0 Å². The fourth-order valence-electron chi connectivity index (χ4n) is 5.13. The Morgan fingerprint density at radius 3 is 2.19 bits per heavy atom. The lowest BCUT2D eigenvalue weighted by Gasteiger charge is -2.36. The van der Waals surface area contributed by atoms with Crippen LogP contribution in [0.5, 0.6) is 0 Å². The van der Waals surface area contributed by atoms with E-state index in [1.165, 1.54) is 19.2 Å². The van der Waals surface area contributed by atoms with Crippen molar-refractivity contribution < 1.29 is 36.0 Å². The summed E-state index contributed by atoms with van der Waals surface area (Å²) in [6, 6.07) is 6.33. The molecule has 8 nitrogen and oxygen atoms in total. The van der Waals surface area contributed by atoms with Crippen LogP contribution < -0.4 is 15.7 Å². The number of benzene rings is 1. The Balaban J connectivity index is 0.00000248. The van der Waals surface area contributed by atoms with Gasteiger partial charge in [-0.2, -0.15) is 26.3 Å². The molecule has 1 aromatic heterocycles. The number of nitrogens with one attached hydrogen (secondary N) is 2. The molecule has 2 aliphatic heterocycles. The SMILES string of the molecule is CC.CONc1ccc(NC2CCN(C(=O)CCCN3CCN(c4ccc(C(F)(F)F)cn4)CC3)CC2)cc1C(F)(F)F. The molecule has 2 fully saturated rings. The van der Waals surface area contributed by atoms with E-state index in [9.17, 15) is 31.1 Å². The highest BCUT2D eigenvalue weighted by Crippen LogP contribution is 2.37. The molecule has 43 heavy (non-hydrogen) atoms. The summed E-state index contributed by atoms with van der Waals surface area (Å²) in [5, 5.41) is 3.16. The van der Waals surface area contributed by atoms with E-state index in [4.69, 9.17) is 0 Å². The van der Waals surface area contributed by atoms with E-state index in [0.717, 1.165) is 38.0 Å². The van der Waals surface area contributed by atoms with Crippen LogP contribution in [-0.4, -0.2) is 79.7 Å². The molecule has 0 atom stereocenters. The maximum Gasteiger partial charge on any atom is 0.418 e. The van der Waals surface area contributed by atoms with E-state index < -0.39 is 23.5 Å². The van der Waals surface area contributed by atoms with E-state index in [-0.39, 0.29) is 17.6 Å². The van der Waals surface area contributed by atoms with Crippen molar-refractivity contribution >= 4 is 23.1 Å². The Morgan fingerprint density at radius 1 is 0.953 bits per heavy atom. The molecule has 2 saturated heterocycles. The zero-order valence-corrected chi connectivity index (χ0v) is 24.7. The molecule has 3 heterocycles. The third kappa shape index (κ3) is 9.88. The van der Waals surface area contributed by atoms with Crippen molar-refractivity contribution in [2.45, 2.75) is 57.9 Å². The number of carbonyl (C=O) groups excluding carboxylic acids is 1. The normalized spacial score (nSPS) is 16.9. The molecule has 14 heteroatoms. The van der Waals surface area contributed by atoms with Crippen LogP contribution in [-0.2, 0) is 22.0 Å². The summed E-state index contributed by atoms with van der Waals surface area (Å²) < 4.78 is 78.5. The van der Waals surface area contributed by atoms with Gasteiger partial charge < -0.3 is 15.1 Å². The number of hydrogen-bond donors (Lipinski definition) is 2. The van der Waals surface area contributed by atoms with Crippen molar-refractivity contribution in [1.82, 2.24) is 14.8 Å². The molecule has 1 amide bonds. The van der Waals surface area contributed by atoms with Crippen LogP contribution in [0.1, 0.15) is 50.7 Å². The van der Waals surface area contributed by atoms with Gasteiger partial charge in [0.25, 0.3) is 0 Å². The molecule has 0 bridgehead atoms. The fourth-order valence-corrected chi connectivity index (χ4v) is 5.13. The number of pyridine rings is 1. The van der Waals surface area contributed by atoms with Gasteiger partial charge in [0, 0.05) is 63.6 Å². The molecule has 4 rings (SSSR count). The summed E-state index contributed by atoms with van der Waals surface area (Å²) in [5.41, 5.74) is 0.857. The summed E-state index contributed by atoms with van der Waals surface area (Å²) >= 11 is 0. The number of alkyl halides is 6. The highest BCUT2D eigenvalue weighted by molar-refractivity contribution is 5.76. The smallest absolute Gasteiger partial charge is 0.382 e. The molecular formula is C29H40F6N6O2. The third-order valence-electron chi connectivity index (χ3n) is 7.39. The van der Waals surface area contributed by atoms with E-state index in [2.05, 4.69) is 25.5 Å². The number of aromatic nitrogens is 1. The molecule has 0 unspecified atom stereocenters. The number of carbonyl (C=O) groups is 1. The van der Waals surface area contributed by atoms with Gasteiger partial charge in [-0.15, -0.1) is 0 Å². The highest BCUT2D eigenvalue weighted by atomic mass is 19.4. The van der Waals surface area contributed by atoms with Gasteiger partial charge in [-0.05, 0) is 56.1 Å². The molecule has 0 aliphatic carbocycles. The first-order valence-corrected chi connectivity index (χ1v) is 14.5. The molecule has 240 valence electrons. The van der Waals surface area contributed by atoms with Gasteiger partial charge in [0.05, 0.1) is 23.9 Å². The molecule has 0 radical (unpaired) electrons. The zero-order valence-electron chi connectivity index (χ0n) is 24.7. The van der Waals surface area contributed by atoms with Crippen LogP contribution in [0.25, 0.3) is 0 Å². The number of nitrogens with zero attached hydrogens (tertiary/aromatic N) is 4. The summed E-state index contributed by atoms with van der Waals surface area (Å²) in [7, 11) is 1.25. The second-order valence-electron chi connectivity index (χ2n) is 10.2. The van der Waals surface area contributed by atoms with E-state index in [1.54, 1.807) is 11.0 Å². The van der Waals surface area contributed by atoms with Crippen LogP contribution in [0, 0.1) is 0 Å². The number of piperidine rings is 1. The van der Waals surface area contributed by atoms with Crippen molar-refractivity contribution in [2.24, 2.45) is 0 Å². The largest absolute Gasteiger partial charge is 0.418 e. The van der Waals surface area contributed by atoms with Crippen molar-refractivity contribution in [3.05, 3.63) is 47.7 Å². The first-order valence-electron chi connectivity index (χ1n) is 14.5. The zero-order chi connectivity index (χ0) is 31.6. The average Bonchev–Trinajstić information content (AvgIpc) is 2.99. The Kier molecular flexibility index (Phi) is 12.3. The molecule has 1 aromatic carbocycles. The molecule has 0 saturated carbocycles. The summed E-state index contributed by atoms with van der Waals surface area (Å²) in [4.78, 5) is 27.3. The Labute approximate surface area is 248 Å². The van der Waals surface area contributed by atoms with Gasteiger partial charge in [0.1, 0.15) is 5.82 Å². The number of piperazine rings is 1. The van der Waals surface area contributed by atoms with Gasteiger partial charge >= 0.3 is 12.4 Å². The number of likely N-dealkylation sites (tertiary alicyclic amines) is 1. The lowest BCUT2D eigenvalue weighted by atomic mass is 10.0. The standard InChI is InChI=1S/C27H34F6N6O2.C2H6/c1-41-36-23-6-5-21(17-22(23)27(31,32)33)35-20-8-11-39(12-9-20)25(40)3-2-10-37-13-15-38(16-14-37)24-7-4-19(18-34-24)26(28,29)30;1-2/h4-7,17-18,20,35-36H,2-3,8-16H2,1H3;1-2H3. The van der Waals surface area contributed by atoms with E-state index in [1.807, 2.05) is 18.7 Å². The van der Waals surface area contributed by atoms with Crippen molar-refractivity contribution in [1.29, 1.82) is 0 Å². The minimum absolute atomic E-state index is 0.0446. The predicted octanol–water partition coefficient (Wildman–Crippen LogP) is 6.12. The Morgan fingerprint density at radius 2 is 1.63 bits per heavy atom. The second-order valence-corrected chi connectivity index (χ2v) is 10.2. The molecular weight excluding hydrogens is 578 g/mol. The first-order chi connectivity index (χ1) is 20.4. The van der Waals surface area contributed by atoms with Gasteiger partial charge in [-0.1, -0.05) is 13.8 Å². The van der Waals surface area contributed by atoms with Crippen LogP contribution in [0.4, 0.5) is 43.5 Å². The monoisotopic (exact) mass is 618 g/mol. The second kappa shape index (κ2) is 15.5. The molecule has 2 aliphatic rings. The van der Waals surface area contributed by atoms with Crippen LogP contribution in [0.2, 0.25) is 0 Å². The van der Waals surface area contributed by atoms with E-state index >= 15 is 0 Å². The Hall–Kier alpha value is -3.26. The van der Waals surface area contributed by atoms with Crippen LogP contribution >= 0.6 is 0 Å². The predicted molar refractivity (Wildman–Crippen MR) is 154 cm³/mol. The molecule has 2 N–H and O–H groups in total. The first kappa shape index (κ1) is 34.2. The van der Waals surface area contributed by atoms with Gasteiger partial charge in [-0.25, -0.2) is 4.98 Å². The lowest BCUT2D eigenvalue weighted by molar-refractivity contribution is -0.138. The number of rotatable bonds is 9. The van der Waals surface area contributed by atoms with E-state index in [0.29, 0.717) is 63.4 Å². The maximum absolute atomic E-state index is 13.4. The summed E-state index contributed by atoms with van der Waals surface area (Å²) in [5.74, 6) is 0.581. The summed E-state index contributed by atoms with van der Waals surface area (Å²) in [6.45, 7) is 8.55. The number of halogens is 6. The lowest BCUT2D eigenvalue weighted by Crippen LogP contribution is -2.47. The number of amides is 1. The number of hydrogen-bond acceptors (Lipinski definition) is 7. The minimum Gasteiger partial charge on any atom is -0.382 e.